The van der Waals surface area contributed by atoms with Gasteiger partial charge in [0.05, 0.1) is 23.1 Å². The average molecular weight is 383 g/mol. The Bertz CT molecular complexity index is 823. The van der Waals surface area contributed by atoms with Gasteiger partial charge in [0.15, 0.2) is 12.4 Å². The van der Waals surface area contributed by atoms with Crippen molar-refractivity contribution < 1.29 is 23.9 Å². The van der Waals surface area contributed by atoms with Crippen LogP contribution in [0.15, 0.2) is 24.3 Å². The van der Waals surface area contributed by atoms with Crippen LogP contribution in [0.5, 0.6) is 0 Å². The molecule has 148 valence electrons. The molecule has 1 aromatic rings. The minimum atomic E-state index is -0.599. The molecule has 28 heavy (non-hydrogen) atoms. The Balaban J connectivity index is 1.45. The van der Waals surface area contributed by atoms with E-state index in [1.54, 1.807) is 32.9 Å². The van der Waals surface area contributed by atoms with Crippen LogP contribution in [0.2, 0.25) is 0 Å². The summed E-state index contributed by atoms with van der Waals surface area (Å²) in [4.78, 5) is 51.1. The highest BCUT2D eigenvalue weighted by atomic mass is 16.5. The van der Waals surface area contributed by atoms with Gasteiger partial charge in [-0.05, 0) is 55.4 Å². The van der Waals surface area contributed by atoms with E-state index >= 15 is 0 Å². The molecule has 0 N–H and O–H groups in total. The quantitative estimate of drug-likeness (QED) is 0.590. The van der Waals surface area contributed by atoms with E-state index in [0.29, 0.717) is 17.5 Å². The predicted molar refractivity (Wildman–Crippen MR) is 101 cm³/mol. The largest absolute Gasteiger partial charge is 0.454 e. The zero-order valence-electron chi connectivity index (χ0n) is 16.4. The first kappa shape index (κ1) is 18.8. The van der Waals surface area contributed by atoms with E-state index in [-0.39, 0.29) is 41.6 Å². The number of hydrogen-bond donors (Lipinski definition) is 0. The summed E-state index contributed by atoms with van der Waals surface area (Å²) < 4.78 is 5.09. The van der Waals surface area contributed by atoms with E-state index in [0.717, 1.165) is 19.3 Å². The Morgan fingerprint density at radius 1 is 1.00 bits per heavy atom. The Morgan fingerprint density at radius 2 is 1.54 bits per heavy atom. The number of hydrogen-bond acceptors (Lipinski definition) is 5. The summed E-state index contributed by atoms with van der Waals surface area (Å²) in [6.45, 7) is 5.02. The predicted octanol–water partition coefficient (Wildman–Crippen LogP) is 2.99. The smallest absolute Gasteiger partial charge is 0.338 e. The third-order valence-electron chi connectivity index (χ3n) is 6.46. The lowest BCUT2D eigenvalue weighted by molar-refractivity contribution is -0.129. The second-order valence-electron chi connectivity index (χ2n) is 9.19. The Kier molecular flexibility index (Phi) is 4.40. The minimum Gasteiger partial charge on any atom is -0.454 e. The topological polar surface area (TPSA) is 80.8 Å². The average Bonchev–Trinajstić information content (AvgIpc) is 3.32. The number of esters is 1. The molecular weight excluding hydrogens is 358 g/mol. The van der Waals surface area contributed by atoms with Gasteiger partial charge in [-0.3, -0.25) is 19.3 Å². The number of rotatable bonds is 4. The Labute approximate surface area is 164 Å². The van der Waals surface area contributed by atoms with Crippen LogP contribution < -0.4 is 4.90 Å². The van der Waals surface area contributed by atoms with E-state index in [1.165, 1.54) is 17.0 Å². The summed E-state index contributed by atoms with van der Waals surface area (Å²) in [7, 11) is 0. The van der Waals surface area contributed by atoms with E-state index < -0.39 is 11.4 Å². The lowest BCUT2D eigenvalue weighted by Crippen LogP contribution is -2.32. The maximum atomic E-state index is 12.9. The zero-order valence-corrected chi connectivity index (χ0v) is 16.4. The highest BCUT2D eigenvalue weighted by molar-refractivity contribution is 6.22. The van der Waals surface area contributed by atoms with Gasteiger partial charge in [0.25, 0.3) is 0 Å². The Hall–Kier alpha value is -2.50. The maximum Gasteiger partial charge on any atom is 0.338 e. The molecule has 6 nitrogen and oxygen atoms in total. The standard InChI is InChI=1S/C22H25NO5/c1-22(2,3)16(24)11-28-21(27)12-6-8-15(9-7-12)23-19(25)17-13-4-5-14(10-13)18(17)20(23)26/h6-9,13-14,17-18H,4-5,10-11H2,1-3H3/t13-,14-,17-,18+/m0/s1. The number of nitrogens with zero attached hydrogens (tertiary/aromatic N) is 1. The minimum absolute atomic E-state index is 0.103. The van der Waals surface area contributed by atoms with Crippen molar-refractivity contribution in [1.29, 1.82) is 0 Å². The first-order valence-corrected chi connectivity index (χ1v) is 9.87. The van der Waals surface area contributed by atoms with E-state index in [2.05, 4.69) is 0 Å². The second kappa shape index (κ2) is 6.54. The van der Waals surface area contributed by atoms with Crippen LogP contribution in [0.4, 0.5) is 5.69 Å². The molecule has 2 amide bonds. The highest BCUT2D eigenvalue weighted by Gasteiger charge is 2.61. The summed E-state index contributed by atoms with van der Waals surface area (Å²) in [5.74, 6) is -0.623. The van der Waals surface area contributed by atoms with Crippen LogP contribution in [-0.4, -0.2) is 30.2 Å². The normalized spacial score (nSPS) is 28.6. The van der Waals surface area contributed by atoms with Gasteiger partial charge in [-0.25, -0.2) is 4.79 Å². The van der Waals surface area contributed by atoms with Crippen molar-refractivity contribution in [2.24, 2.45) is 29.1 Å². The molecule has 0 unspecified atom stereocenters. The molecule has 3 fully saturated rings. The van der Waals surface area contributed by atoms with Crippen molar-refractivity contribution in [1.82, 2.24) is 0 Å². The lowest BCUT2D eigenvalue weighted by atomic mass is 9.81. The van der Waals surface area contributed by atoms with E-state index in [9.17, 15) is 19.2 Å². The van der Waals surface area contributed by atoms with Gasteiger partial charge >= 0.3 is 5.97 Å². The number of benzene rings is 1. The number of amides is 2. The van der Waals surface area contributed by atoms with Gasteiger partial charge < -0.3 is 4.74 Å². The molecule has 1 heterocycles. The number of carbonyl (C=O) groups excluding carboxylic acids is 4. The fraction of sp³-hybridized carbons (Fsp3) is 0.545. The number of carbonyl (C=O) groups is 4. The second-order valence-corrected chi connectivity index (χ2v) is 9.19. The number of imide groups is 1. The van der Waals surface area contributed by atoms with E-state index in [1.807, 2.05) is 0 Å². The van der Waals surface area contributed by atoms with Crippen molar-refractivity contribution in [2.75, 3.05) is 11.5 Å². The van der Waals surface area contributed by atoms with Crippen molar-refractivity contribution in [3.63, 3.8) is 0 Å². The summed E-state index contributed by atoms with van der Waals surface area (Å²) in [5.41, 5.74) is 0.203. The lowest BCUT2D eigenvalue weighted by Gasteiger charge is -2.19. The van der Waals surface area contributed by atoms with Gasteiger partial charge in [-0.1, -0.05) is 20.8 Å². The van der Waals surface area contributed by atoms with Crippen LogP contribution >= 0.6 is 0 Å². The van der Waals surface area contributed by atoms with Crippen LogP contribution in [0.1, 0.15) is 50.4 Å². The van der Waals surface area contributed by atoms with Crippen molar-refractivity contribution >= 4 is 29.3 Å². The van der Waals surface area contributed by atoms with E-state index in [4.69, 9.17) is 4.74 Å². The molecular formula is C22H25NO5. The van der Waals surface area contributed by atoms with Gasteiger partial charge in [-0.2, -0.15) is 0 Å². The van der Waals surface area contributed by atoms with Crippen LogP contribution in [0, 0.1) is 29.1 Å². The highest BCUT2D eigenvalue weighted by Crippen LogP contribution is 2.56. The fourth-order valence-corrected chi connectivity index (χ4v) is 4.84. The first-order valence-electron chi connectivity index (χ1n) is 9.87. The van der Waals surface area contributed by atoms with Crippen molar-refractivity contribution in [3.8, 4) is 0 Å². The number of anilines is 1. The molecule has 4 rings (SSSR count). The van der Waals surface area contributed by atoms with Crippen molar-refractivity contribution in [2.45, 2.75) is 40.0 Å². The summed E-state index contributed by atoms with van der Waals surface area (Å²) in [5, 5.41) is 0. The SMILES string of the molecule is CC(C)(C)C(=O)COC(=O)c1ccc(N2C(=O)[C@@H]3[C@H]4CC[C@@H](C4)[C@@H]3C2=O)cc1. The van der Waals surface area contributed by atoms with Gasteiger partial charge in [0, 0.05) is 5.41 Å². The summed E-state index contributed by atoms with van der Waals surface area (Å²) in [6.07, 6.45) is 3.08. The molecule has 6 heteroatoms. The molecule has 2 saturated carbocycles. The van der Waals surface area contributed by atoms with Crippen LogP contribution in [0.3, 0.4) is 0 Å². The van der Waals surface area contributed by atoms with Crippen LogP contribution in [0.25, 0.3) is 0 Å². The molecule has 0 spiro atoms. The third-order valence-corrected chi connectivity index (χ3v) is 6.46. The summed E-state index contributed by atoms with van der Waals surface area (Å²) in [6, 6.07) is 6.26. The molecule has 2 aliphatic carbocycles. The molecule has 3 aliphatic rings. The molecule has 1 aliphatic heterocycles. The monoisotopic (exact) mass is 383 g/mol. The Morgan fingerprint density at radius 3 is 2.04 bits per heavy atom. The molecule has 0 radical (unpaired) electrons. The zero-order chi connectivity index (χ0) is 20.2. The van der Waals surface area contributed by atoms with Gasteiger partial charge in [0.1, 0.15) is 0 Å². The first-order chi connectivity index (χ1) is 13.2. The number of ketones is 1. The summed E-state index contributed by atoms with van der Waals surface area (Å²) >= 11 is 0. The van der Waals surface area contributed by atoms with Gasteiger partial charge in [-0.15, -0.1) is 0 Å². The number of Topliss-reactive ketones (excluding diaryl/α,β-unsaturated/α-hetero) is 1. The van der Waals surface area contributed by atoms with Crippen molar-refractivity contribution in [3.05, 3.63) is 29.8 Å². The number of ether oxygens (including phenoxy) is 1. The molecule has 0 aromatic heterocycles. The van der Waals surface area contributed by atoms with Crippen LogP contribution in [-0.2, 0) is 19.1 Å². The maximum absolute atomic E-state index is 12.9. The third kappa shape index (κ3) is 2.95. The van der Waals surface area contributed by atoms with Gasteiger partial charge in [0.2, 0.25) is 11.8 Å². The molecule has 2 bridgehead atoms. The number of fused-ring (bicyclic) bond motifs is 5. The molecule has 4 atom stereocenters. The fourth-order valence-electron chi connectivity index (χ4n) is 4.84. The molecule has 1 aromatic carbocycles. The molecule has 1 saturated heterocycles.